The number of pyridine rings is 1. The normalized spacial score (nSPS) is 10.2. The Bertz CT molecular complexity index is 652. The van der Waals surface area contributed by atoms with E-state index in [1.54, 1.807) is 12.4 Å². The second-order valence-electron chi connectivity index (χ2n) is 3.94. The Morgan fingerprint density at radius 3 is 2.61 bits per heavy atom. The van der Waals surface area contributed by atoms with Crippen LogP contribution in [-0.4, -0.2) is 20.1 Å². The van der Waals surface area contributed by atoms with Gasteiger partial charge in [-0.2, -0.15) is 4.98 Å². The zero-order chi connectivity index (χ0) is 11.7. The first-order valence-corrected chi connectivity index (χ1v) is 5.38. The summed E-state index contributed by atoms with van der Waals surface area (Å²) in [6, 6.07) is 9.88. The van der Waals surface area contributed by atoms with Crippen molar-refractivity contribution >= 4 is 23.4 Å². The average molecular weight is 262 g/mol. The minimum atomic E-state index is -0.0407. The lowest BCUT2D eigenvalue weighted by atomic mass is 10.1. The van der Waals surface area contributed by atoms with Gasteiger partial charge in [0, 0.05) is 12.4 Å². The third-order valence-corrected chi connectivity index (χ3v) is 2.69. The number of hydrogen-bond acceptors (Lipinski definition) is 3. The lowest BCUT2D eigenvalue weighted by Gasteiger charge is -2.00. The Kier molecular flexibility index (Phi) is 3.48. The lowest BCUT2D eigenvalue weighted by Crippen LogP contribution is -1.88. The monoisotopic (exact) mass is 261 g/mol. The minimum Gasteiger partial charge on any atom is -0.480 e. The van der Waals surface area contributed by atoms with Gasteiger partial charge in [-0.15, -0.1) is 12.4 Å². The Hall–Kier alpha value is -2.07. The summed E-state index contributed by atoms with van der Waals surface area (Å²) in [5, 5.41) is 9.26. The summed E-state index contributed by atoms with van der Waals surface area (Å²) >= 11 is 0. The average Bonchev–Trinajstić information content (AvgIpc) is 2.70. The predicted octanol–water partition coefficient (Wildman–Crippen LogP) is 2.68. The van der Waals surface area contributed by atoms with Gasteiger partial charge in [0.05, 0.1) is 11.0 Å². The van der Waals surface area contributed by atoms with Gasteiger partial charge in [-0.3, -0.25) is 4.98 Å². The minimum absolute atomic E-state index is 0. The fourth-order valence-corrected chi connectivity index (χ4v) is 1.88. The molecule has 0 fully saturated rings. The molecular formula is C13H12ClN3O. The fourth-order valence-electron chi connectivity index (χ4n) is 1.88. The van der Waals surface area contributed by atoms with E-state index in [4.69, 9.17) is 0 Å². The van der Waals surface area contributed by atoms with Crippen molar-refractivity contribution in [3.8, 4) is 6.01 Å². The second-order valence-corrected chi connectivity index (χ2v) is 3.94. The maximum atomic E-state index is 9.26. The van der Waals surface area contributed by atoms with Crippen LogP contribution in [0.1, 0.15) is 11.1 Å². The highest BCUT2D eigenvalue weighted by atomic mass is 35.5. The Balaban J connectivity index is 0.00000120. The van der Waals surface area contributed by atoms with Gasteiger partial charge in [0.25, 0.3) is 6.01 Å². The van der Waals surface area contributed by atoms with Gasteiger partial charge in [0.1, 0.15) is 0 Å². The van der Waals surface area contributed by atoms with Crippen molar-refractivity contribution in [3.63, 3.8) is 0 Å². The number of hydrogen-bond donors (Lipinski definition) is 2. The van der Waals surface area contributed by atoms with Crippen LogP contribution >= 0.6 is 12.4 Å². The number of rotatable bonds is 2. The third-order valence-electron chi connectivity index (χ3n) is 2.69. The van der Waals surface area contributed by atoms with Crippen molar-refractivity contribution in [3.05, 3.63) is 53.9 Å². The number of imidazole rings is 1. The number of fused-ring (bicyclic) bond motifs is 1. The van der Waals surface area contributed by atoms with Crippen molar-refractivity contribution in [2.24, 2.45) is 0 Å². The van der Waals surface area contributed by atoms with E-state index in [9.17, 15) is 5.11 Å². The maximum Gasteiger partial charge on any atom is 0.292 e. The molecule has 92 valence electrons. The molecule has 3 rings (SSSR count). The van der Waals surface area contributed by atoms with Crippen molar-refractivity contribution in [1.82, 2.24) is 15.0 Å². The number of benzene rings is 1. The van der Waals surface area contributed by atoms with Crippen molar-refractivity contribution < 1.29 is 5.11 Å². The molecule has 2 N–H and O–H groups in total. The Morgan fingerprint density at radius 1 is 1.06 bits per heavy atom. The first kappa shape index (κ1) is 12.4. The van der Waals surface area contributed by atoms with E-state index < -0.39 is 0 Å². The molecule has 0 amide bonds. The molecule has 0 aliphatic carbocycles. The van der Waals surface area contributed by atoms with Crippen molar-refractivity contribution in [2.45, 2.75) is 6.42 Å². The van der Waals surface area contributed by atoms with Gasteiger partial charge in [-0.1, -0.05) is 6.07 Å². The molecule has 4 nitrogen and oxygen atoms in total. The zero-order valence-corrected chi connectivity index (χ0v) is 10.3. The molecule has 0 saturated carbocycles. The van der Waals surface area contributed by atoms with Gasteiger partial charge in [-0.05, 0) is 41.8 Å². The largest absolute Gasteiger partial charge is 0.480 e. The van der Waals surface area contributed by atoms with Gasteiger partial charge in [0.2, 0.25) is 0 Å². The fraction of sp³-hybridized carbons (Fsp3) is 0.0769. The number of aromatic nitrogens is 3. The molecule has 2 aromatic heterocycles. The summed E-state index contributed by atoms with van der Waals surface area (Å²) in [5.74, 6) is 0. The zero-order valence-electron chi connectivity index (χ0n) is 9.50. The number of H-pyrrole nitrogens is 1. The van der Waals surface area contributed by atoms with E-state index in [0.717, 1.165) is 23.0 Å². The molecule has 3 aromatic rings. The number of aromatic amines is 1. The van der Waals surface area contributed by atoms with Crippen LogP contribution in [0.5, 0.6) is 6.01 Å². The van der Waals surface area contributed by atoms with Crippen LogP contribution in [0.4, 0.5) is 0 Å². The van der Waals surface area contributed by atoms with Crippen LogP contribution in [0, 0.1) is 0 Å². The van der Waals surface area contributed by atoms with Crippen LogP contribution < -0.4 is 0 Å². The highest BCUT2D eigenvalue weighted by Crippen LogP contribution is 2.18. The molecule has 0 atom stereocenters. The molecule has 0 spiro atoms. The smallest absolute Gasteiger partial charge is 0.292 e. The van der Waals surface area contributed by atoms with Crippen molar-refractivity contribution in [1.29, 1.82) is 0 Å². The SMILES string of the molecule is Cl.Oc1nc2cc(Cc3ccncc3)ccc2[nH]1. The van der Waals surface area contributed by atoms with Crippen molar-refractivity contribution in [2.75, 3.05) is 0 Å². The maximum absolute atomic E-state index is 9.26. The number of halogens is 1. The van der Waals surface area contributed by atoms with Crippen LogP contribution in [0.2, 0.25) is 0 Å². The molecule has 0 bridgehead atoms. The first-order valence-electron chi connectivity index (χ1n) is 5.38. The molecule has 18 heavy (non-hydrogen) atoms. The standard InChI is InChI=1S/C13H11N3O.ClH/c17-13-15-11-2-1-10(8-12(11)16-13)7-9-3-5-14-6-4-9;/h1-6,8H,7H2,(H2,15,16,17);1H. The first-order chi connectivity index (χ1) is 8.31. The van der Waals surface area contributed by atoms with Crippen LogP contribution in [0.15, 0.2) is 42.7 Å². The van der Waals surface area contributed by atoms with Gasteiger partial charge in [-0.25, -0.2) is 0 Å². The lowest BCUT2D eigenvalue weighted by molar-refractivity contribution is 0.438. The molecule has 0 aliphatic rings. The summed E-state index contributed by atoms with van der Waals surface area (Å²) < 4.78 is 0. The molecule has 0 unspecified atom stereocenters. The summed E-state index contributed by atoms with van der Waals surface area (Å²) in [6.45, 7) is 0. The Morgan fingerprint density at radius 2 is 1.83 bits per heavy atom. The summed E-state index contributed by atoms with van der Waals surface area (Å²) in [5.41, 5.74) is 4.00. The number of nitrogens with one attached hydrogen (secondary N) is 1. The summed E-state index contributed by atoms with van der Waals surface area (Å²) in [7, 11) is 0. The third kappa shape index (κ3) is 2.43. The number of aromatic hydroxyl groups is 1. The quantitative estimate of drug-likeness (QED) is 0.746. The van der Waals surface area contributed by atoms with Crippen LogP contribution in [-0.2, 0) is 6.42 Å². The van der Waals surface area contributed by atoms with E-state index in [-0.39, 0.29) is 18.4 Å². The molecule has 0 saturated heterocycles. The van der Waals surface area contributed by atoms with Crippen LogP contribution in [0.25, 0.3) is 11.0 Å². The summed E-state index contributed by atoms with van der Waals surface area (Å²) in [4.78, 5) is 10.8. The number of nitrogens with zero attached hydrogens (tertiary/aromatic N) is 2. The second kappa shape index (κ2) is 5.06. The van der Waals surface area contributed by atoms with E-state index in [2.05, 4.69) is 15.0 Å². The highest BCUT2D eigenvalue weighted by Gasteiger charge is 2.02. The van der Waals surface area contributed by atoms with E-state index in [1.807, 2.05) is 30.3 Å². The van der Waals surface area contributed by atoms with Gasteiger partial charge < -0.3 is 10.1 Å². The van der Waals surface area contributed by atoms with E-state index >= 15 is 0 Å². The molecular weight excluding hydrogens is 250 g/mol. The van der Waals surface area contributed by atoms with Gasteiger partial charge in [0.15, 0.2) is 0 Å². The predicted molar refractivity (Wildman–Crippen MR) is 72.0 cm³/mol. The van der Waals surface area contributed by atoms with E-state index in [0.29, 0.717) is 0 Å². The Labute approximate surface area is 110 Å². The molecule has 1 aromatic carbocycles. The summed E-state index contributed by atoms with van der Waals surface area (Å²) in [6.07, 6.45) is 4.41. The van der Waals surface area contributed by atoms with Crippen LogP contribution in [0.3, 0.4) is 0 Å². The van der Waals surface area contributed by atoms with E-state index in [1.165, 1.54) is 5.56 Å². The molecule has 2 heterocycles. The molecule has 0 radical (unpaired) electrons. The molecule has 5 heteroatoms. The molecule has 0 aliphatic heterocycles. The highest BCUT2D eigenvalue weighted by molar-refractivity contribution is 5.85. The topological polar surface area (TPSA) is 61.8 Å². The van der Waals surface area contributed by atoms with Gasteiger partial charge >= 0.3 is 0 Å².